The molecule has 1 aliphatic rings. The van der Waals surface area contributed by atoms with Gasteiger partial charge in [-0.25, -0.2) is 0 Å². The quantitative estimate of drug-likeness (QED) is 0.719. The Hall–Kier alpha value is -1.35. The maximum Gasteiger partial charge on any atom is 0.239 e. The summed E-state index contributed by atoms with van der Waals surface area (Å²) in [5.74, 6) is -0.307. The maximum atomic E-state index is 11.3. The molecule has 1 atom stereocenters. The van der Waals surface area contributed by atoms with Crippen LogP contribution in [0.1, 0.15) is 31.0 Å². The van der Waals surface area contributed by atoms with E-state index in [-0.39, 0.29) is 17.4 Å². The predicted molar refractivity (Wildman–Crippen MR) is 59.4 cm³/mol. The fraction of sp³-hybridized carbons (Fsp3) is 0.417. The van der Waals surface area contributed by atoms with Gasteiger partial charge in [-0.3, -0.25) is 4.79 Å². The van der Waals surface area contributed by atoms with Gasteiger partial charge < -0.3 is 11.1 Å². The van der Waals surface area contributed by atoms with Gasteiger partial charge in [0.25, 0.3) is 0 Å². The van der Waals surface area contributed by atoms with Crippen molar-refractivity contribution in [3.63, 3.8) is 0 Å². The van der Waals surface area contributed by atoms with Crippen LogP contribution >= 0.6 is 0 Å². The van der Waals surface area contributed by atoms with Gasteiger partial charge in [-0.15, -0.1) is 0 Å². The van der Waals surface area contributed by atoms with Gasteiger partial charge in [0.2, 0.25) is 5.91 Å². The van der Waals surface area contributed by atoms with Crippen molar-refractivity contribution in [1.82, 2.24) is 5.32 Å². The zero-order valence-electron chi connectivity index (χ0n) is 9.08. The number of hydrogen-bond donors (Lipinski definition) is 2. The average Bonchev–Trinajstić information content (AvgIpc) is 2.17. The second-order valence-electron chi connectivity index (χ2n) is 4.69. The summed E-state index contributed by atoms with van der Waals surface area (Å²) in [7, 11) is 0. The minimum absolute atomic E-state index is 0.0581. The van der Waals surface area contributed by atoms with Gasteiger partial charge in [-0.2, -0.15) is 0 Å². The SMILES string of the molecule is CC1(C)CN[C@@H](C(N)=O)c2ccccc21. The fourth-order valence-electron chi connectivity index (χ4n) is 2.18. The van der Waals surface area contributed by atoms with E-state index in [2.05, 4.69) is 25.2 Å². The number of rotatable bonds is 1. The largest absolute Gasteiger partial charge is 0.368 e. The van der Waals surface area contributed by atoms with Gasteiger partial charge in [0.1, 0.15) is 6.04 Å². The Morgan fingerprint density at radius 3 is 2.80 bits per heavy atom. The molecule has 0 saturated heterocycles. The van der Waals surface area contributed by atoms with Crippen LogP contribution in [-0.4, -0.2) is 12.5 Å². The van der Waals surface area contributed by atoms with E-state index in [0.29, 0.717) is 0 Å². The van der Waals surface area contributed by atoms with Gasteiger partial charge in [0, 0.05) is 12.0 Å². The Kier molecular flexibility index (Phi) is 2.27. The molecule has 80 valence electrons. The number of nitrogens with one attached hydrogen (secondary N) is 1. The zero-order chi connectivity index (χ0) is 11.1. The van der Waals surface area contributed by atoms with Crippen molar-refractivity contribution in [2.75, 3.05) is 6.54 Å². The number of nitrogens with two attached hydrogens (primary N) is 1. The number of fused-ring (bicyclic) bond motifs is 1. The van der Waals surface area contributed by atoms with E-state index in [9.17, 15) is 4.79 Å². The van der Waals surface area contributed by atoms with Crippen molar-refractivity contribution in [2.24, 2.45) is 5.73 Å². The van der Waals surface area contributed by atoms with E-state index in [1.54, 1.807) is 0 Å². The molecular formula is C12H16N2O. The Bertz CT molecular complexity index is 398. The van der Waals surface area contributed by atoms with Crippen LogP contribution in [0.5, 0.6) is 0 Å². The molecule has 0 fully saturated rings. The van der Waals surface area contributed by atoms with Crippen molar-refractivity contribution >= 4 is 5.91 Å². The van der Waals surface area contributed by atoms with E-state index in [4.69, 9.17) is 5.73 Å². The summed E-state index contributed by atoms with van der Waals surface area (Å²) in [6, 6.07) is 7.65. The normalized spacial score (nSPS) is 23.2. The molecule has 1 aliphatic heterocycles. The van der Waals surface area contributed by atoms with Crippen LogP contribution in [0.25, 0.3) is 0 Å². The van der Waals surface area contributed by atoms with Crippen molar-refractivity contribution in [3.05, 3.63) is 35.4 Å². The highest BCUT2D eigenvalue weighted by Crippen LogP contribution is 2.33. The van der Waals surface area contributed by atoms with Crippen LogP contribution in [0, 0.1) is 0 Å². The summed E-state index contributed by atoms with van der Waals surface area (Å²) < 4.78 is 0. The lowest BCUT2D eigenvalue weighted by molar-refractivity contribution is -0.120. The predicted octanol–water partition coefficient (Wildman–Crippen LogP) is 1.09. The number of primary amides is 1. The number of carbonyl (C=O) groups is 1. The molecule has 2 rings (SSSR count). The van der Waals surface area contributed by atoms with Crippen molar-refractivity contribution in [2.45, 2.75) is 25.3 Å². The Morgan fingerprint density at radius 2 is 2.13 bits per heavy atom. The van der Waals surface area contributed by atoms with E-state index in [1.165, 1.54) is 5.56 Å². The topological polar surface area (TPSA) is 55.1 Å². The first-order chi connectivity index (χ1) is 7.02. The summed E-state index contributed by atoms with van der Waals surface area (Å²) in [6.45, 7) is 5.10. The van der Waals surface area contributed by atoms with Crippen molar-refractivity contribution < 1.29 is 4.79 Å². The lowest BCUT2D eigenvalue weighted by Crippen LogP contribution is -2.46. The molecule has 0 bridgehead atoms. The summed E-state index contributed by atoms with van der Waals surface area (Å²) >= 11 is 0. The van der Waals surface area contributed by atoms with E-state index < -0.39 is 0 Å². The first kappa shape index (κ1) is 10.2. The molecule has 0 radical (unpaired) electrons. The van der Waals surface area contributed by atoms with Crippen LogP contribution in [0.4, 0.5) is 0 Å². The van der Waals surface area contributed by atoms with Crippen molar-refractivity contribution in [3.8, 4) is 0 Å². The van der Waals surface area contributed by atoms with Crippen LogP contribution in [0.15, 0.2) is 24.3 Å². The van der Waals surface area contributed by atoms with Gasteiger partial charge in [0.05, 0.1) is 0 Å². The van der Waals surface area contributed by atoms with Crippen molar-refractivity contribution in [1.29, 1.82) is 0 Å². The molecule has 1 heterocycles. The Balaban J connectivity index is 2.53. The van der Waals surface area contributed by atoms with Gasteiger partial charge in [-0.1, -0.05) is 38.1 Å². The highest BCUT2D eigenvalue weighted by molar-refractivity contribution is 5.82. The van der Waals surface area contributed by atoms with E-state index in [1.807, 2.05) is 18.2 Å². The number of carbonyl (C=O) groups excluding carboxylic acids is 1. The molecule has 3 nitrogen and oxygen atoms in total. The molecule has 0 aromatic heterocycles. The third-order valence-corrected chi connectivity index (χ3v) is 3.03. The summed E-state index contributed by atoms with van der Waals surface area (Å²) in [5, 5.41) is 3.19. The molecule has 3 N–H and O–H groups in total. The first-order valence-corrected chi connectivity index (χ1v) is 5.14. The van der Waals surface area contributed by atoms with E-state index >= 15 is 0 Å². The molecule has 0 unspecified atom stereocenters. The first-order valence-electron chi connectivity index (χ1n) is 5.14. The third kappa shape index (κ3) is 1.63. The Morgan fingerprint density at radius 1 is 1.47 bits per heavy atom. The summed E-state index contributed by atoms with van der Waals surface area (Å²) in [6.07, 6.45) is 0. The average molecular weight is 204 g/mol. The molecule has 3 heteroatoms. The lowest BCUT2D eigenvalue weighted by Gasteiger charge is -2.36. The minimum atomic E-state index is -0.339. The smallest absolute Gasteiger partial charge is 0.239 e. The summed E-state index contributed by atoms with van der Waals surface area (Å²) in [4.78, 5) is 11.3. The molecule has 1 aromatic carbocycles. The third-order valence-electron chi connectivity index (χ3n) is 3.03. The molecular weight excluding hydrogens is 188 g/mol. The van der Waals surface area contributed by atoms with Crippen LogP contribution < -0.4 is 11.1 Å². The second kappa shape index (κ2) is 3.35. The van der Waals surface area contributed by atoms with Crippen LogP contribution in [0.2, 0.25) is 0 Å². The highest BCUT2D eigenvalue weighted by Gasteiger charge is 2.33. The van der Waals surface area contributed by atoms with Crippen LogP contribution in [0.3, 0.4) is 0 Å². The molecule has 1 aromatic rings. The lowest BCUT2D eigenvalue weighted by atomic mass is 9.76. The van der Waals surface area contributed by atoms with Gasteiger partial charge in [0.15, 0.2) is 0 Å². The molecule has 0 spiro atoms. The molecule has 15 heavy (non-hydrogen) atoms. The summed E-state index contributed by atoms with van der Waals surface area (Å²) in [5.41, 5.74) is 7.66. The molecule has 1 amide bonds. The maximum absolute atomic E-state index is 11.3. The monoisotopic (exact) mass is 204 g/mol. The molecule has 0 aliphatic carbocycles. The van der Waals surface area contributed by atoms with Gasteiger partial charge >= 0.3 is 0 Å². The minimum Gasteiger partial charge on any atom is -0.368 e. The Labute approximate surface area is 89.7 Å². The standard InChI is InChI=1S/C12H16N2O/c1-12(2)7-14-10(11(13)15)8-5-3-4-6-9(8)12/h3-6,10,14H,7H2,1-2H3,(H2,13,15)/t10-/m1/s1. The second-order valence-corrected chi connectivity index (χ2v) is 4.69. The number of amides is 1. The van der Waals surface area contributed by atoms with Gasteiger partial charge in [-0.05, 0) is 11.1 Å². The number of benzene rings is 1. The number of hydrogen-bond acceptors (Lipinski definition) is 2. The molecule has 0 saturated carbocycles. The zero-order valence-corrected chi connectivity index (χ0v) is 9.08. The van der Waals surface area contributed by atoms with Crippen LogP contribution in [-0.2, 0) is 10.2 Å². The van der Waals surface area contributed by atoms with E-state index in [0.717, 1.165) is 12.1 Å². The highest BCUT2D eigenvalue weighted by atomic mass is 16.1. The fourth-order valence-corrected chi connectivity index (χ4v) is 2.18.